The molecular formula is C15H15NO5S. The van der Waals surface area contributed by atoms with Crippen LogP contribution in [-0.4, -0.2) is 32.9 Å². The molecule has 0 heterocycles. The van der Waals surface area contributed by atoms with Crippen LogP contribution in [0.15, 0.2) is 42.5 Å². The highest BCUT2D eigenvalue weighted by atomic mass is 32.2. The molecule has 0 amide bonds. The number of nitrogens with one attached hydrogen (secondary N) is 1. The Labute approximate surface area is 128 Å². The normalized spacial score (nSPS) is 11.0. The number of benzene rings is 2. The number of carbonyl (C=O) groups is 1. The first-order valence-corrected chi connectivity index (χ1v) is 8.19. The van der Waals surface area contributed by atoms with Crippen molar-refractivity contribution in [1.29, 1.82) is 0 Å². The number of ether oxygens (including phenoxy) is 1. The van der Waals surface area contributed by atoms with E-state index < -0.39 is 16.0 Å². The molecule has 2 N–H and O–H groups in total. The zero-order valence-electron chi connectivity index (χ0n) is 12.0. The van der Waals surface area contributed by atoms with Crippen molar-refractivity contribution in [3.8, 4) is 16.9 Å². The zero-order valence-corrected chi connectivity index (χ0v) is 12.8. The summed E-state index contributed by atoms with van der Waals surface area (Å²) in [6, 6.07) is 11.2. The van der Waals surface area contributed by atoms with E-state index in [0.717, 1.165) is 17.4 Å². The fourth-order valence-electron chi connectivity index (χ4n) is 2.00. The van der Waals surface area contributed by atoms with Crippen molar-refractivity contribution in [3.63, 3.8) is 0 Å². The number of hydrogen-bond donors (Lipinski definition) is 2. The molecule has 116 valence electrons. The lowest BCUT2D eigenvalue weighted by Crippen LogP contribution is -2.09. The Morgan fingerprint density at radius 2 is 1.77 bits per heavy atom. The summed E-state index contributed by atoms with van der Waals surface area (Å²) in [5.74, 6) is -0.511. The molecule has 0 aliphatic carbocycles. The van der Waals surface area contributed by atoms with Crippen LogP contribution < -0.4 is 9.46 Å². The van der Waals surface area contributed by atoms with Gasteiger partial charge in [0, 0.05) is 11.6 Å². The van der Waals surface area contributed by atoms with Crippen LogP contribution in [0, 0.1) is 0 Å². The average molecular weight is 321 g/mol. The van der Waals surface area contributed by atoms with Gasteiger partial charge in [-0.2, -0.15) is 0 Å². The lowest BCUT2D eigenvalue weighted by molar-refractivity contribution is 0.0697. The number of methoxy groups -OCH3 is 1. The van der Waals surface area contributed by atoms with Crippen LogP contribution in [0.4, 0.5) is 5.69 Å². The molecule has 0 unspecified atom stereocenters. The molecule has 0 fully saturated rings. The minimum absolute atomic E-state index is 0.193. The smallest absolute Gasteiger partial charge is 0.335 e. The number of carboxylic acids is 1. The Hall–Kier alpha value is -2.54. The number of hydrogen-bond acceptors (Lipinski definition) is 4. The van der Waals surface area contributed by atoms with Gasteiger partial charge in [0.05, 0.1) is 24.6 Å². The summed E-state index contributed by atoms with van der Waals surface area (Å²) < 4.78 is 30.2. The molecule has 0 saturated carbocycles. The van der Waals surface area contributed by atoms with E-state index in [1.165, 1.54) is 19.2 Å². The summed E-state index contributed by atoms with van der Waals surface area (Å²) in [6.45, 7) is 0. The SMILES string of the molecule is COc1cc(NS(C)(=O)=O)ccc1-c1ccc(C(=O)O)cc1. The van der Waals surface area contributed by atoms with Crippen molar-refractivity contribution in [2.24, 2.45) is 0 Å². The summed E-state index contributed by atoms with van der Waals surface area (Å²) in [5.41, 5.74) is 2.09. The molecule has 6 nitrogen and oxygen atoms in total. The van der Waals surface area contributed by atoms with Crippen molar-refractivity contribution in [2.75, 3.05) is 18.1 Å². The summed E-state index contributed by atoms with van der Waals surface area (Å²) in [6.07, 6.45) is 1.07. The van der Waals surface area contributed by atoms with Crippen LogP contribution in [0.2, 0.25) is 0 Å². The van der Waals surface area contributed by atoms with Gasteiger partial charge < -0.3 is 9.84 Å². The third-order valence-corrected chi connectivity index (χ3v) is 3.55. The second-order valence-electron chi connectivity index (χ2n) is 4.67. The minimum Gasteiger partial charge on any atom is -0.496 e. The zero-order chi connectivity index (χ0) is 16.3. The maximum absolute atomic E-state index is 11.2. The molecule has 7 heteroatoms. The Balaban J connectivity index is 2.40. The van der Waals surface area contributed by atoms with Crippen LogP contribution in [-0.2, 0) is 10.0 Å². The molecule has 0 saturated heterocycles. The van der Waals surface area contributed by atoms with Gasteiger partial charge in [0.25, 0.3) is 0 Å². The molecule has 2 aromatic carbocycles. The highest BCUT2D eigenvalue weighted by Crippen LogP contribution is 2.32. The van der Waals surface area contributed by atoms with E-state index in [9.17, 15) is 13.2 Å². The Bertz CT molecular complexity index is 797. The van der Waals surface area contributed by atoms with E-state index in [4.69, 9.17) is 9.84 Å². The van der Waals surface area contributed by atoms with Gasteiger partial charge in [0.1, 0.15) is 5.75 Å². The van der Waals surface area contributed by atoms with E-state index in [-0.39, 0.29) is 5.56 Å². The average Bonchev–Trinajstić information content (AvgIpc) is 2.45. The third kappa shape index (κ3) is 3.76. The van der Waals surface area contributed by atoms with Gasteiger partial charge in [-0.05, 0) is 29.8 Å². The molecule has 2 rings (SSSR count). The van der Waals surface area contributed by atoms with Crippen molar-refractivity contribution < 1.29 is 23.1 Å². The van der Waals surface area contributed by atoms with Crippen molar-refractivity contribution in [2.45, 2.75) is 0 Å². The second kappa shape index (κ2) is 6.07. The van der Waals surface area contributed by atoms with Crippen LogP contribution in [0.25, 0.3) is 11.1 Å². The van der Waals surface area contributed by atoms with Crippen LogP contribution >= 0.6 is 0 Å². The Morgan fingerprint density at radius 1 is 1.14 bits per heavy atom. The van der Waals surface area contributed by atoms with Crippen molar-refractivity contribution in [3.05, 3.63) is 48.0 Å². The molecule has 0 aliphatic rings. The summed E-state index contributed by atoms with van der Waals surface area (Å²) >= 11 is 0. The quantitative estimate of drug-likeness (QED) is 0.882. The molecule has 0 spiro atoms. The monoisotopic (exact) mass is 321 g/mol. The molecule has 22 heavy (non-hydrogen) atoms. The van der Waals surface area contributed by atoms with Crippen LogP contribution in [0.5, 0.6) is 5.75 Å². The molecular weight excluding hydrogens is 306 g/mol. The van der Waals surface area contributed by atoms with E-state index >= 15 is 0 Å². The largest absolute Gasteiger partial charge is 0.496 e. The maximum Gasteiger partial charge on any atom is 0.335 e. The Kier molecular flexibility index (Phi) is 4.37. The number of carboxylic acid groups (broad SMARTS) is 1. The molecule has 0 aliphatic heterocycles. The van der Waals surface area contributed by atoms with E-state index in [2.05, 4.69) is 4.72 Å². The van der Waals surface area contributed by atoms with Crippen LogP contribution in [0.1, 0.15) is 10.4 Å². The first kappa shape index (κ1) is 15.8. The topological polar surface area (TPSA) is 92.7 Å². The Morgan fingerprint density at radius 3 is 2.27 bits per heavy atom. The first-order chi connectivity index (χ1) is 10.3. The number of sulfonamides is 1. The summed E-state index contributed by atoms with van der Waals surface area (Å²) in [7, 11) is -1.88. The maximum atomic E-state index is 11.2. The van der Waals surface area contributed by atoms with Gasteiger partial charge in [-0.3, -0.25) is 4.72 Å². The second-order valence-corrected chi connectivity index (χ2v) is 6.42. The van der Waals surface area contributed by atoms with Gasteiger partial charge >= 0.3 is 5.97 Å². The molecule has 2 aromatic rings. The highest BCUT2D eigenvalue weighted by molar-refractivity contribution is 7.92. The fraction of sp³-hybridized carbons (Fsp3) is 0.133. The van der Waals surface area contributed by atoms with Gasteiger partial charge in [-0.25, -0.2) is 13.2 Å². The number of rotatable bonds is 5. The molecule has 0 aromatic heterocycles. The number of aromatic carboxylic acids is 1. The molecule has 0 atom stereocenters. The molecule has 0 bridgehead atoms. The van der Waals surface area contributed by atoms with Gasteiger partial charge in [0.2, 0.25) is 10.0 Å². The van der Waals surface area contributed by atoms with Crippen molar-refractivity contribution >= 4 is 21.7 Å². The van der Waals surface area contributed by atoms with Gasteiger partial charge in [0.15, 0.2) is 0 Å². The fourth-order valence-corrected chi connectivity index (χ4v) is 2.55. The number of anilines is 1. The predicted molar refractivity (Wildman–Crippen MR) is 83.9 cm³/mol. The predicted octanol–water partition coefficient (Wildman–Crippen LogP) is 2.43. The highest BCUT2D eigenvalue weighted by Gasteiger charge is 2.10. The lowest BCUT2D eigenvalue weighted by Gasteiger charge is -2.12. The van der Waals surface area contributed by atoms with Gasteiger partial charge in [-0.1, -0.05) is 12.1 Å². The minimum atomic E-state index is -3.37. The standard InChI is InChI=1S/C15H15NO5S/c1-21-14-9-12(16-22(2,19)20)7-8-13(14)10-3-5-11(6-4-10)15(17)18/h3-9,16H,1-2H3,(H,17,18). The van der Waals surface area contributed by atoms with Crippen LogP contribution in [0.3, 0.4) is 0 Å². The van der Waals surface area contributed by atoms with E-state index in [1.54, 1.807) is 30.3 Å². The lowest BCUT2D eigenvalue weighted by atomic mass is 10.0. The molecule has 0 radical (unpaired) electrons. The van der Waals surface area contributed by atoms with E-state index in [0.29, 0.717) is 11.4 Å². The first-order valence-electron chi connectivity index (χ1n) is 6.30. The summed E-state index contributed by atoms with van der Waals surface area (Å²) in [5, 5.41) is 8.90. The van der Waals surface area contributed by atoms with E-state index in [1.807, 2.05) is 0 Å². The van der Waals surface area contributed by atoms with Crippen molar-refractivity contribution in [1.82, 2.24) is 0 Å². The van der Waals surface area contributed by atoms with Gasteiger partial charge in [-0.15, -0.1) is 0 Å². The summed E-state index contributed by atoms with van der Waals surface area (Å²) in [4.78, 5) is 10.9. The third-order valence-electron chi connectivity index (χ3n) is 2.95.